The van der Waals surface area contributed by atoms with Crippen molar-refractivity contribution in [3.63, 3.8) is 0 Å². The van der Waals surface area contributed by atoms with E-state index < -0.39 is 0 Å². The van der Waals surface area contributed by atoms with E-state index in [1.54, 1.807) is 0 Å². The molecule has 1 aliphatic heterocycles. The van der Waals surface area contributed by atoms with Crippen LogP contribution in [-0.4, -0.2) is 83.7 Å². The van der Waals surface area contributed by atoms with Crippen molar-refractivity contribution in [2.45, 2.75) is 53.0 Å². The van der Waals surface area contributed by atoms with Gasteiger partial charge in [-0.2, -0.15) is 0 Å². The third kappa shape index (κ3) is 6.51. The van der Waals surface area contributed by atoms with E-state index in [2.05, 4.69) is 58.7 Å². The van der Waals surface area contributed by atoms with Crippen LogP contribution in [0.5, 0.6) is 0 Å². The van der Waals surface area contributed by atoms with Crippen molar-refractivity contribution in [3.8, 4) is 0 Å². The van der Waals surface area contributed by atoms with Crippen LogP contribution >= 0.6 is 0 Å². The summed E-state index contributed by atoms with van der Waals surface area (Å²) in [4.78, 5) is 14.3. The minimum absolute atomic E-state index is 0.128. The van der Waals surface area contributed by atoms with Gasteiger partial charge in [0.25, 0.3) is 0 Å². The normalized spacial score (nSPS) is 16.6. The summed E-state index contributed by atoms with van der Waals surface area (Å²) in [6.07, 6.45) is 2.13. The van der Waals surface area contributed by atoms with Crippen molar-refractivity contribution in [1.82, 2.24) is 14.8 Å². The third-order valence-electron chi connectivity index (χ3n) is 6.68. The van der Waals surface area contributed by atoms with E-state index in [4.69, 9.17) is 10.5 Å². The van der Waals surface area contributed by atoms with E-state index in [-0.39, 0.29) is 12.1 Å². The lowest BCUT2D eigenvalue weighted by atomic mass is 10.0. The smallest absolute Gasteiger partial charge is 0.150 e. The number of rotatable bonds is 10. The van der Waals surface area contributed by atoms with E-state index in [1.165, 1.54) is 5.56 Å². The number of ether oxygens (including phenoxy) is 1. The number of aryl methyl sites for hydroxylation is 2. The van der Waals surface area contributed by atoms with Crippen molar-refractivity contribution in [3.05, 3.63) is 29.3 Å². The second-order valence-corrected chi connectivity index (χ2v) is 9.71. The topological polar surface area (TPSA) is 87.2 Å². The first-order valence-electron chi connectivity index (χ1n) is 12.1. The average molecular weight is 456 g/mol. The molecule has 33 heavy (non-hydrogen) atoms. The summed E-state index contributed by atoms with van der Waals surface area (Å²) >= 11 is 0. The van der Waals surface area contributed by atoms with Gasteiger partial charge in [0.15, 0.2) is 0 Å². The number of benzene rings is 1. The van der Waals surface area contributed by atoms with E-state index in [1.807, 2.05) is 13.8 Å². The summed E-state index contributed by atoms with van der Waals surface area (Å²) in [6.45, 7) is 16.8. The maximum absolute atomic E-state index is 9.59. The van der Waals surface area contributed by atoms with Crippen LogP contribution in [0.15, 0.2) is 23.2 Å². The predicted molar refractivity (Wildman–Crippen MR) is 138 cm³/mol. The van der Waals surface area contributed by atoms with E-state index in [0.29, 0.717) is 19.0 Å². The van der Waals surface area contributed by atoms with Gasteiger partial charge in [-0.15, -0.1) is 0 Å². The fourth-order valence-corrected chi connectivity index (χ4v) is 4.44. The molecule has 1 aliphatic rings. The second-order valence-electron chi connectivity index (χ2n) is 9.71. The van der Waals surface area contributed by atoms with Crippen LogP contribution in [0.2, 0.25) is 0 Å². The zero-order chi connectivity index (χ0) is 24.0. The summed E-state index contributed by atoms with van der Waals surface area (Å²) < 4.78 is 5.45. The zero-order valence-corrected chi connectivity index (χ0v) is 21.0. The number of aliphatic hydroxyl groups excluding tert-OH is 1. The average Bonchev–Trinajstić information content (AvgIpc) is 2.80. The molecule has 0 radical (unpaired) electrons. The summed E-state index contributed by atoms with van der Waals surface area (Å²) in [5, 5.41) is 10.7. The Morgan fingerprint density at radius 3 is 2.64 bits per heavy atom. The Labute approximate surface area is 198 Å². The maximum Gasteiger partial charge on any atom is 0.150 e. The number of piperazine rings is 1. The number of aliphatic imine (C=N–C) groups is 1. The molecule has 1 fully saturated rings. The van der Waals surface area contributed by atoms with Gasteiger partial charge in [0, 0.05) is 49.4 Å². The van der Waals surface area contributed by atoms with Crippen LogP contribution in [-0.2, 0) is 11.2 Å². The quantitative estimate of drug-likeness (QED) is 0.533. The summed E-state index contributed by atoms with van der Waals surface area (Å²) in [5.41, 5.74) is 11.1. The molecule has 0 bridgehead atoms. The molecule has 1 saturated heterocycles. The molecule has 7 heteroatoms. The van der Waals surface area contributed by atoms with Gasteiger partial charge in [-0.3, -0.25) is 9.89 Å². The number of nitrogens with two attached hydrogens (primary N) is 1. The highest BCUT2D eigenvalue weighted by Gasteiger charge is 2.28. The first-order valence-corrected chi connectivity index (χ1v) is 12.1. The second kappa shape index (κ2) is 11.4. The molecule has 7 nitrogen and oxygen atoms in total. The van der Waals surface area contributed by atoms with E-state index >= 15 is 0 Å². The highest BCUT2D eigenvalue weighted by molar-refractivity contribution is 5.94. The van der Waals surface area contributed by atoms with Crippen molar-refractivity contribution in [2.75, 3.05) is 58.3 Å². The molecule has 1 aromatic heterocycles. The SMILES string of the molecule is CCOCC(C)=Nc1c(N)nc2cc(CCCN3CCN(C(C)(C)CO)CC3)ccc2c1C. The highest BCUT2D eigenvalue weighted by atomic mass is 16.5. The molecule has 3 rings (SSSR count). The molecular weight excluding hydrogens is 414 g/mol. The van der Waals surface area contributed by atoms with Crippen LogP contribution < -0.4 is 5.73 Å². The minimum atomic E-state index is -0.128. The van der Waals surface area contributed by atoms with Crippen molar-refractivity contribution < 1.29 is 9.84 Å². The molecule has 0 aliphatic carbocycles. The number of pyridine rings is 1. The van der Waals surface area contributed by atoms with Gasteiger partial charge in [0.2, 0.25) is 0 Å². The lowest BCUT2D eigenvalue weighted by Gasteiger charge is -2.43. The van der Waals surface area contributed by atoms with Gasteiger partial charge >= 0.3 is 0 Å². The van der Waals surface area contributed by atoms with Crippen LogP contribution in [0, 0.1) is 6.92 Å². The Balaban J connectivity index is 1.60. The zero-order valence-electron chi connectivity index (χ0n) is 21.0. The lowest BCUT2D eigenvalue weighted by molar-refractivity contribution is 0.0166. The van der Waals surface area contributed by atoms with Gasteiger partial charge in [0.1, 0.15) is 11.5 Å². The number of aromatic nitrogens is 1. The highest BCUT2D eigenvalue weighted by Crippen LogP contribution is 2.32. The Morgan fingerprint density at radius 1 is 1.24 bits per heavy atom. The Morgan fingerprint density at radius 2 is 1.97 bits per heavy atom. The molecule has 0 unspecified atom stereocenters. The molecule has 182 valence electrons. The van der Waals surface area contributed by atoms with Crippen molar-refractivity contribution in [2.24, 2.45) is 4.99 Å². The number of anilines is 1. The molecule has 0 amide bonds. The summed E-state index contributed by atoms with van der Waals surface area (Å²) in [7, 11) is 0. The lowest BCUT2D eigenvalue weighted by Crippen LogP contribution is -2.56. The fraction of sp³-hybridized carbons (Fsp3) is 0.615. The number of aliphatic hydroxyl groups is 1. The molecule has 3 N–H and O–H groups in total. The van der Waals surface area contributed by atoms with Gasteiger partial charge in [-0.1, -0.05) is 12.1 Å². The first kappa shape index (κ1) is 25.6. The van der Waals surface area contributed by atoms with Crippen molar-refractivity contribution >= 4 is 28.1 Å². The molecular formula is C26H41N5O2. The Kier molecular flexibility index (Phi) is 8.82. The standard InChI is InChI=1S/C26H41N5O2/c1-6-33-17-19(2)28-24-20(3)22-10-9-21(16-23(22)29-25(24)27)8-7-11-30-12-14-31(15-13-30)26(4,5)18-32/h9-10,16,32H,6-8,11-15,17-18H2,1-5H3,(H2,27,29). The number of nitrogen functional groups attached to an aromatic ring is 1. The monoisotopic (exact) mass is 455 g/mol. The Bertz CT molecular complexity index is 965. The van der Waals surface area contributed by atoms with Gasteiger partial charge < -0.3 is 20.5 Å². The van der Waals surface area contributed by atoms with Crippen molar-refractivity contribution in [1.29, 1.82) is 0 Å². The fourth-order valence-electron chi connectivity index (χ4n) is 4.44. The number of nitrogens with zero attached hydrogens (tertiary/aromatic N) is 4. The van der Waals surface area contributed by atoms with E-state index in [0.717, 1.165) is 73.4 Å². The number of hydrogen-bond donors (Lipinski definition) is 2. The maximum atomic E-state index is 9.59. The minimum Gasteiger partial charge on any atom is -0.394 e. The van der Waals surface area contributed by atoms with Crippen LogP contribution in [0.4, 0.5) is 11.5 Å². The first-order chi connectivity index (χ1) is 15.7. The van der Waals surface area contributed by atoms with E-state index in [9.17, 15) is 5.11 Å². The molecule has 0 spiro atoms. The summed E-state index contributed by atoms with van der Waals surface area (Å²) in [5.74, 6) is 0.469. The van der Waals surface area contributed by atoms with Gasteiger partial charge in [-0.05, 0) is 71.2 Å². The largest absolute Gasteiger partial charge is 0.394 e. The predicted octanol–water partition coefficient (Wildman–Crippen LogP) is 3.58. The van der Waals surface area contributed by atoms with Crippen LogP contribution in [0.1, 0.15) is 45.2 Å². The third-order valence-corrected chi connectivity index (χ3v) is 6.68. The molecule has 2 heterocycles. The number of hydrogen-bond acceptors (Lipinski definition) is 7. The number of fused-ring (bicyclic) bond motifs is 1. The van der Waals surface area contributed by atoms with Gasteiger partial charge in [-0.25, -0.2) is 4.98 Å². The van der Waals surface area contributed by atoms with Crippen LogP contribution in [0.3, 0.4) is 0 Å². The molecule has 2 aromatic rings. The van der Waals surface area contributed by atoms with Gasteiger partial charge in [0.05, 0.1) is 18.7 Å². The molecule has 0 saturated carbocycles. The Hall–Kier alpha value is -2.06. The van der Waals surface area contributed by atoms with Crippen LogP contribution in [0.25, 0.3) is 10.9 Å². The molecule has 1 aromatic carbocycles. The molecule has 0 atom stereocenters. The summed E-state index contributed by atoms with van der Waals surface area (Å²) in [6, 6.07) is 6.52.